The van der Waals surface area contributed by atoms with Gasteiger partial charge in [0.2, 0.25) is 0 Å². The molecule has 0 aliphatic carbocycles. The van der Waals surface area contributed by atoms with E-state index in [2.05, 4.69) is 40.9 Å². The highest BCUT2D eigenvalue weighted by molar-refractivity contribution is 6.30. The van der Waals surface area contributed by atoms with E-state index in [4.69, 9.17) is 16.3 Å². The Bertz CT molecular complexity index is 1360. The summed E-state index contributed by atoms with van der Waals surface area (Å²) >= 11 is 6.02. The zero-order valence-electron chi connectivity index (χ0n) is 19.6. The van der Waals surface area contributed by atoms with Gasteiger partial charge in [0.1, 0.15) is 24.3 Å². The lowest BCUT2D eigenvalue weighted by Gasteiger charge is -2.22. The van der Waals surface area contributed by atoms with Gasteiger partial charge in [-0.1, -0.05) is 29.8 Å². The van der Waals surface area contributed by atoms with E-state index in [9.17, 15) is 5.26 Å². The van der Waals surface area contributed by atoms with E-state index >= 15 is 0 Å². The summed E-state index contributed by atoms with van der Waals surface area (Å²) in [5.74, 6) is 1.25. The number of hydrogen-bond donors (Lipinski definition) is 1. The molecule has 6 heteroatoms. The Morgan fingerprint density at radius 2 is 1.85 bits per heavy atom. The molecule has 4 aromatic rings. The molecule has 0 bridgehead atoms. The number of anilines is 1. The quantitative estimate of drug-likeness (QED) is 0.281. The van der Waals surface area contributed by atoms with E-state index in [1.54, 1.807) is 0 Å². The Balaban J connectivity index is 1.72. The maximum absolute atomic E-state index is 9.92. The van der Waals surface area contributed by atoms with E-state index in [1.165, 1.54) is 0 Å². The van der Waals surface area contributed by atoms with Gasteiger partial charge < -0.3 is 14.6 Å². The average molecular weight is 471 g/mol. The van der Waals surface area contributed by atoms with Crippen molar-refractivity contribution in [2.75, 3.05) is 18.0 Å². The number of hydrogen-bond acceptors (Lipinski definition) is 4. The van der Waals surface area contributed by atoms with Crippen LogP contribution in [0, 0.1) is 18.3 Å². The molecule has 0 spiro atoms. The number of aryl methyl sites for hydroxylation is 1. The van der Waals surface area contributed by atoms with Crippen molar-refractivity contribution < 1.29 is 4.74 Å². The predicted octanol–water partition coefficient (Wildman–Crippen LogP) is 7.01. The zero-order valence-corrected chi connectivity index (χ0v) is 20.4. The maximum Gasteiger partial charge on any atom is 0.149 e. The van der Waals surface area contributed by atoms with Gasteiger partial charge in [0.05, 0.1) is 16.6 Å². The Morgan fingerprint density at radius 1 is 1.09 bits per heavy atom. The van der Waals surface area contributed by atoms with E-state index in [0.717, 1.165) is 46.5 Å². The van der Waals surface area contributed by atoms with Crippen molar-refractivity contribution >= 4 is 40.0 Å². The maximum atomic E-state index is 9.92. The Morgan fingerprint density at radius 3 is 2.56 bits per heavy atom. The first-order valence-electron chi connectivity index (χ1n) is 11.4. The van der Waals surface area contributed by atoms with Crippen molar-refractivity contribution in [1.29, 1.82) is 5.26 Å². The van der Waals surface area contributed by atoms with Crippen LogP contribution in [0.1, 0.15) is 36.4 Å². The van der Waals surface area contributed by atoms with Crippen LogP contribution in [0.4, 0.5) is 5.69 Å². The van der Waals surface area contributed by atoms with Crippen molar-refractivity contribution in [2.45, 2.75) is 27.4 Å². The van der Waals surface area contributed by atoms with E-state index < -0.39 is 0 Å². The molecule has 1 aromatic heterocycles. The summed E-state index contributed by atoms with van der Waals surface area (Å²) < 4.78 is 6.24. The molecule has 4 rings (SSSR count). The number of fused-ring (bicyclic) bond motifs is 1. The molecule has 34 heavy (non-hydrogen) atoms. The van der Waals surface area contributed by atoms with Crippen molar-refractivity contribution in [2.24, 2.45) is 0 Å². The standard InChI is InChI=1S/C28H27ClN4O/c1-4-33(5-2)24-12-9-21(27(16-24)34-18-20-7-10-23(29)11-8-20)15-22(17-30)28-31-25-13-6-19(3)14-26(25)32-28/h6-16H,4-5,18H2,1-3H3,(H,31,32). The smallest absolute Gasteiger partial charge is 0.149 e. The van der Waals surface area contributed by atoms with Gasteiger partial charge in [-0.15, -0.1) is 0 Å². The SMILES string of the molecule is CCN(CC)c1ccc(C=C(C#N)c2nc3ccc(C)cc3[nH]2)c(OCc2ccc(Cl)cc2)c1. The number of benzene rings is 3. The lowest BCUT2D eigenvalue weighted by molar-refractivity contribution is 0.305. The van der Waals surface area contributed by atoms with Crippen molar-refractivity contribution in [3.8, 4) is 11.8 Å². The Kier molecular flexibility index (Phi) is 7.20. The van der Waals surface area contributed by atoms with Crippen LogP contribution < -0.4 is 9.64 Å². The topological polar surface area (TPSA) is 64.9 Å². The highest BCUT2D eigenvalue weighted by atomic mass is 35.5. The van der Waals surface area contributed by atoms with Crippen LogP contribution in [-0.2, 0) is 6.61 Å². The van der Waals surface area contributed by atoms with Crippen molar-refractivity contribution in [3.05, 3.63) is 88.2 Å². The molecular weight excluding hydrogens is 444 g/mol. The van der Waals surface area contributed by atoms with Crippen LogP contribution in [-0.4, -0.2) is 23.1 Å². The fourth-order valence-corrected chi connectivity index (χ4v) is 3.98. The minimum atomic E-state index is 0.394. The number of nitriles is 1. The monoisotopic (exact) mass is 470 g/mol. The van der Waals surface area contributed by atoms with Gasteiger partial charge in [-0.25, -0.2) is 4.98 Å². The third-order valence-corrected chi connectivity index (χ3v) is 6.00. The number of imidazole rings is 1. The molecule has 0 saturated carbocycles. The van der Waals surface area contributed by atoms with Gasteiger partial charge in [0.15, 0.2) is 0 Å². The van der Waals surface area contributed by atoms with Gasteiger partial charge in [0.25, 0.3) is 0 Å². The lowest BCUT2D eigenvalue weighted by atomic mass is 10.1. The molecule has 0 amide bonds. The number of H-pyrrole nitrogens is 1. The Hall–Kier alpha value is -3.75. The number of aromatic amines is 1. The minimum Gasteiger partial charge on any atom is -0.488 e. The molecule has 172 valence electrons. The van der Waals surface area contributed by atoms with Gasteiger partial charge in [-0.3, -0.25) is 0 Å². The number of allylic oxidation sites excluding steroid dienone is 1. The molecule has 3 aromatic carbocycles. The summed E-state index contributed by atoms with van der Waals surface area (Å²) in [5.41, 5.74) is 6.23. The molecule has 0 unspecified atom stereocenters. The van der Waals surface area contributed by atoms with Crippen LogP contribution in [0.5, 0.6) is 5.75 Å². The van der Waals surface area contributed by atoms with Crippen LogP contribution in [0.3, 0.4) is 0 Å². The summed E-state index contributed by atoms with van der Waals surface area (Å²) in [6, 6.07) is 22.0. The average Bonchev–Trinajstić information content (AvgIpc) is 3.26. The summed E-state index contributed by atoms with van der Waals surface area (Å²) in [4.78, 5) is 10.2. The Labute approximate surface area is 205 Å². The first-order valence-corrected chi connectivity index (χ1v) is 11.7. The summed E-state index contributed by atoms with van der Waals surface area (Å²) in [7, 11) is 0. The number of ether oxygens (including phenoxy) is 1. The second-order valence-corrected chi connectivity index (χ2v) is 8.52. The highest BCUT2D eigenvalue weighted by Crippen LogP contribution is 2.30. The van der Waals surface area contributed by atoms with Crippen LogP contribution in [0.15, 0.2) is 60.7 Å². The van der Waals surface area contributed by atoms with Crippen molar-refractivity contribution in [3.63, 3.8) is 0 Å². The van der Waals surface area contributed by atoms with E-state index in [1.807, 2.05) is 67.6 Å². The fourth-order valence-electron chi connectivity index (χ4n) is 3.85. The first-order chi connectivity index (χ1) is 16.5. The van der Waals surface area contributed by atoms with Crippen molar-refractivity contribution in [1.82, 2.24) is 9.97 Å². The van der Waals surface area contributed by atoms with Gasteiger partial charge >= 0.3 is 0 Å². The third kappa shape index (κ3) is 5.24. The largest absolute Gasteiger partial charge is 0.488 e. The predicted molar refractivity (Wildman–Crippen MR) is 140 cm³/mol. The molecule has 5 nitrogen and oxygen atoms in total. The summed E-state index contributed by atoms with van der Waals surface area (Å²) in [5, 5.41) is 10.6. The van der Waals surface area contributed by atoms with Crippen LogP contribution in [0.25, 0.3) is 22.7 Å². The molecule has 1 N–H and O–H groups in total. The molecule has 0 aliphatic heterocycles. The summed E-state index contributed by atoms with van der Waals surface area (Å²) in [6.07, 6.45) is 1.83. The van der Waals surface area contributed by atoms with Crippen LogP contribution in [0.2, 0.25) is 5.02 Å². The number of nitrogens with zero attached hydrogens (tertiary/aromatic N) is 3. The second kappa shape index (κ2) is 10.5. The number of halogens is 1. The zero-order chi connectivity index (χ0) is 24.1. The minimum absolute atomic E-state index is 0.394. The van der Waals surface area contributed by atoms with E-state index in [-0.39, 0.29) is 0 Å². The lowest BCUT2D eigenvalue weighted by Crippen LogP contribution is -2.21. The number of aromatic nitrogens is 2. The fraction of sp³-hybridized carbons (Fsp3) is 0.214. The highest BCUT2D eigenvalue weighted by Gasteiger charge is 2.12. The molecule has 0 aliphatic rings. The number of nitrogens with one attached hydrogen (secondary N) is 1. The van der Waals surface area contributed by atoms with Crippen LogP contribution >= 0.6 is 11.6 Å². The van der Waals surface area contributed by atoms with E-state index in [0.29, 0.717) is 28.8 Å². The van der Waals surface area contributed by atoms with Gasteiger partial charge in [0, 0.05) is 35.4 Å². The molecule has 0 saturated heterocycles. The molecule has 0 atom stereocenters. The molecule has 0 radical (unpaired) electrons. The molecular formula is C28H27ClN4O. The number of rotatable bonds is 8. The normalized spacial score (nSPS) is 11.4. The second-order valence-electron chi connectivity index (χ2n) is 8.09. The third-order valence-electron chi connectivity index (χ3n) is 5.75. The molecule has 1 heterocycles. The molecule has 0 fully saturated rings. The summed E-state index contributed by atoms with van der Waals surface area (Å²) in [6.45, 7) is 8.47. The van der Waals surface area contributed by atoms with Gasteiger partial charge in [-0.05, 0) is 74.4 Å². The first kappa shape index (κ1) is 23.4. The van der Waals surface area contributed by atoms with Gasteiger partial charge in [-0.2, -0.15) is 5.26 Å².